The Morgan fingerprint density at radius 3 is 2.53 bits per heavy atom. The number of amides is 1. The highest BCUT2D eigenvalue weighted by Crippen LogP contribution is 2.21. The SMILES string of the molecule is COCCN(Cc1ccccc1)C(=O)CSc1nnnn1-c1ccc(C(C)C)cc1. The molecular weight excluding hydrogens is 398 g/mol. The summed E-state index contributed by atoms with van der Waals surface area (Å²) in [4.78, 5) is 14.7. The molecule has 7 nitrogen and oxygen atoms in total. The second-order valence-electron chi connectivity index (χ2n) is 7.20. The van der Waals surface area contributed by atoms with Crippen molar-refractivity contribution < 1.29 is 9.53 Å². The van der Waals surface area contributed by atoms with Gasteiger partial charge in [-0.1, -0.05) is 68.1 Å². The fourth-order valence-electron chi connectivity index (χ4n) is 2.95. The van der Waals surface area contributed by atoms with Crippen LogP contribution in [0.2, 0.25) is 0 Å². The highest BCUT2D eigenvalue weighted by atomic mass is 32.2. The van der Waals surface area contributed by atoms with Crippen LogP contribution < -0.4 is 0 Å². The molecule has 0 aliphatic rings. The number of rotatable bonds is 10. The summed E-state index contributed by atoms with van der Waals surface area (Å²) in [7, 11) is 1.64. The maximum atomic E-state index is 12.9. The zero-order valence-electron chi connectivity index (χ0n) is 17.6. The first-order valence-electron chi connectivity index (χ1n) is 9.90. The van der Waals surface area contributed by atoms with Crippen molar-refractivity contribution in [3.8, 4) is 5.69 Å². The highest BCUT2D eigenvalue weighted by molar-refractivity contribution is 7.99. The second-order valence-corrected chi connectivity index (χ2v) is 8.14. The largest absolute Gasteiger partial charge is 0.383 e. The Morgan fingerprint density at radius 1 is 1.13 bits per heavy atom. The van der Waals surface area contributed by atoms with Crippen molar-refractivity contribution in [2.45, 2.75) is 31.5 Å². The van der Waals surface area contributed by atoms with Crippen molar-refractivity contribution in [3.63, 3.8) is 0 Å². The molecule has 0 fully saturated rings. The van der Waals surface area contributed by atoms with Gasteiger partial charge in [0.25, 0.3) is 0 Å². The van der Waals surface area contributed by atoms with Crippen LogP contribution in [-0.2, 0) is 16.1 Å². The summed E-state index contributed by atoms with van der Waals surface area (Å²) in [5, 5.41) is 12.6. The maximum absolute atomic E-state index is 12.9. The third-order valence-electron chi connectivity index (χ3n) is 4.70. The predicted octanol–water partition coefficient (Wildman–Crippen LogP) is 3.55. The van der Waals surface area contributed by atoms with Crippen LogP contribution in [0.3, 0.4) is 0 Å². The van der Waals surface area contributed by atoms with Crippen LogP contribution in [0.5, 0.6) is 0 Å². The lowest BCUT2D eigenvalue weighted by atomic mass is 10.0. The number of carbonyl (C=O) groups is 1. The zero-order chi connectivity index (χ0) is 21.3. The lowest BCUT2D eigenvalue weighted by Gasteiger charge is -2.22. The number of methoxy groups -OCH3 is 1. The summed E-state index contributed by atoms with van der Waals surface area (Å²) in [6.45, 7) is 5.88. The monoisotopic (exact) mass is 425 g/mol. The molecule has 2 aromatic carbocycles. The molecule has 3 rings (SSSR count). The molecule has 0 aliphatic carbocycles. The Labute approximate surface area is 181 Å². The Kier molecular flexibility index (Phi) is 7.98. The van der Waals surface area contributed by atoms with Crippen LogP contribution in [0.4, 0.5) is 0 Å². The topological polar surface area (TPSA) is 73.1 Å². The summed E-state index contributed by atoms with van der Waals surface area (Å²) < 4.78 is 6.84. The van der Waals surface area contributed by atoms with E-state index in [9.17, 15) is 4.79 Å². The predicted molar refractivity (Wildman–Crippen MR) is 118 cm³/mol. The summed E-state index contributed by atoms with van der Waals surface area (Å²) in [5.41, 5.74) is 3.22. The average molecular weight is 426 g/mol. The van der Waals surface area contributed by atoms with Gasteiger partial charge in [0.1, 0.15) is 0 Å². The van der Waals surface area contributed by atoms with E-state index in [0.717, 1.165) is 11.3 Å². The number of ether oxygens (including phenoxy) is 1. The van der Waals surface area contributed by atoms with Crippen LogP contribution in [0.25, 0.3) is 5.69 Å². The van der Waals surface area contributed by atoms with Gasteiger partial charge in [-0.3, -0.25) is 4.79 Å². The van der Waals surface area contributed by atoms with Gasteiger partial charge in [0.15, 0.2) is 0 Å². The Bertz CT molecular complexity index is 928. The smallest absolute Gasteiger partial charge is 0.233 e. The van der Waals surface area contributed by atoms with Gasteiger partial charge in [-0.15, -0.1) is 5.10 Å². The number of aromatic nitrogens is 4. The summed E-state index contributed by atoms with van der Waals surface area (Å²) in [6, 6.07) is 18.1. The van der Waals surface area contributed by atoms with Gasteiger partial charge in [0.2, 0.25) is 11.1 Å². The van der Waals surface area contributed by atoms with E-state index in [1.807, 2.05) is 42.5 Å². The fourth-order valence-corrected chi connectivity index (χ4v) is 3.74. The number of nitrogens with zero attached hydrogens (tertiary/aromatic N) is 5. The van der Waals surface area contributed by atoms with E-state index in [1.165, 1.54) is 17.3 Å². The molecule has 0 saturated carbocycles. The fraction of sp³-hybridized carbons (Fsp3) is 0.364. The summed E-state index contributed by atoms with van der Waals surface area (Å²) >= 11 is 1.33. The standard InChI is InChI=1S/C22H27N5O2S/c1-17(2)19-9-11-20(12-10-19)27-22(23-24-25-27)30-16-21(28)26(13-14-29-3)15-18-7-5-4-6-8-18/h4-12,17H,13-16H2,1-3H3. The molecule has 8 heteroatoms. The zero-order valence-corrected chi connectivity index (χ0v) is 18.4. The lowest BCUT2D eigenvalue weighted by Crippen LogP contribution is -2.34. The molecule has 1 aromatic heterocycles. The van der Waals surface area contributed by atoms with Crippen LogP contribution >= 0.6 is 11.8 Å². The van der Waals surface area contributed by atoms with Gasteiger partial charge in [-0.25, -0.2) is 0 Å². The van der Waals surface area contributed by atoms with Crippen LogP contribution in [0, 0.1) is 0 Å². The first-order chi connectivity index (χ1) is 14.6. The van der Waals surface area contributed by atoms with Gasteiger partial charge >= 0.3 is 0 Å². The van der Waals surface area contributed by atoms with Gasteiger partial charge in [-0.2, -0.15) is 4.68 Å². The number of carbonyl (C=O) groups excluding carboxylic acids is 1. The molecule has 0 spiro atoms. The molecular formula is C22H27N5O2S. The van der Waals surface area contributed by atoms with Gasteiger partial charge in [-0.05, 0) is 39.6 Å². The van der Waals surface area contributed by atoms with Crippen molar-refractivity contribution in [1.29, 1.82) is 0 Å². The third-order valence-corrected chi connectivity index (χ3v) is 5.61. The minimum absolute atomic E-state index is 0.0191. The molecule has 158 valence electrons. The average Bonchev–Trinajstić information content (AvgIpc) is 3.24. The molecule has 0 unspecified atom stereocenters. The van der Waals surface area contributed by atoms with Crippen molar-refractivity contribution in [1.82, 2.24) is 25.1 Å². The summed E-state index contributed by atoms with van der Waals surface area (Å²) in [6.07, 6.45) is 0. The number of tetrazole rings is 1. The van der Waals surface area contributed by atoms with Crippen LogP contribution in [0.1, 0.15) is 30.9 Å². The quantitative estimate of drug-likeness (QED) is 0.463. The molecule has 0 bridgehead atoms. The first-order valence-corrected chi connectivity index (χ1v) is 10.9. The van der Waals surface area contributed by atoms with E-state index in [0.29, 0.717) is 30.8 Å². The minimum atomic E-state index is 0.0191. The normalized spacial score (nSPS) is 11.1. The van der Waals surface area contributed by atoms with Gasteiger partial charge < -0.3 is 9.64 Å². The second kappa shape index (κ2) is 10.9. The van der Waals surface area contributed by atoms with E-state index in [4.69, 9.17) is 4.74 Å². The number of hydrogen-bond acceptors (Lipinski definition) is 6. The first kappa shape index (κ1) is 22.0. The van der Waals surface area contributed by atoms with Crippen molar-refractivity contribution in [2.75, 3.05) is 26.0 Å². The lowest BCUT2D eigenvalue weighted by molar-refractivity contribution is -0.129. The summed E-state index contributed by atoms with van der Waals surface area (Å²) in [5.74, 6) is 0.730. The van der Waals surface area contributed by atoms with Crippen molar-refractivity contribution in [3.05, 3.63) is 65.7 Å². The molecule has 1 amide bonds. The van der Waals surface area contributed by atoms with Crippen molar-refractivity contribution >= 4 is 17.7 Å². The Hall–Kier alpha value is -2.71. The molecule has 0 atom stereocenters. The molecule has 0 N–H and O–H groups in total. The van der Waals surface area contributed by atoms with Crippen LogP contribution in [0.15, 0.2) is 59.8 Å². The van der Waals surface area contributed by atoms with Crippen molar-refractivity contribution in [2.24, 2.45) is 0 Å². The molecule has 1 heterocycles. The third kappa shape index (κ3) is 5.90. The number of benzene rings is 2. The van der Waals surface area contributed by atoms with Gasteiger partial charge in [0.05, 0.1) is 18.0 Å². The molecule has 0 aliphatic heterocycles. The number of hydrogen-bond donors (Lipinski definition) is 0. The Balaban J connectivity index is 1.66. The minimum Gasteiger partial charge on any atom is -0.383 e. The molecule has 0 saturated heterocycles. The van der Waals surface area contributed by atoms with E-state index in [-0.39, 0.29) is 11.7 Å². The molecule has 3 aromatic rings. The van der Waals surface area contributed by atoms with Gasteiger partial charge in [0, 0.05) is 20.2 Å². The molecule has 30 heavy (non-hydrogen) atoms. The van der Waals surface area contributed by atoms with E-state index < -0.39 is 0 Å². The van der Waals surface area contributed by atoms with Crippen LogP contribution in [-0.4, -0.2) is 57.0 Å². The Morgan fingerprint density at radius 2 is 1.87 bits per heavy atom. The maximum Gasteiger partial charge on any atom is 0.233 e. The van der Waals surface area contributed by atoms with E-state index in [2.05, 4.69) is 41.5 Å². The van der Waals surface area contributed by atoms with E-state index >= 15 is 0 Å². The van der Waals surface area contributed by atoms with E-state index in [1.54, 1.807) is 16.7 Å². The highest BCUT2D eigenvalue weighted by Gasteiger charge is 2.17. The molecule has 0 radical (unpaired) electrons. The number of thioether (sulfide) groups is 1.